The number of rotatable bonds is 2. The number of nitrogens with one attached hydrogen (secondary N) is 1. The monoisotopic (exact) mass is 338 g/mol. The lowest BCUT2D eigenvalue weighted by Gasteiger charge is -2.29. The molecule has 2 aliphatic rings. The number of nitrogens with zero attached hydrogens (tertiary/aromatic N) is 1. The number of fused-ring (bicyclic) bond motifs is 1. The second-order valence-electron chi connectivity index (χ2n) is 6.01. The van der Waals surface area contributed by atoms with Gasteiger partial charge in [0, 0.05) is 24.2 Å². The van der Waals surface area contributed by atoms with Crippen LogP contribution in [0.2, 0.25) is 0 Å². The fourth-order valence-corrected chi connectivity index (χ4v) is 3.03. The number of hydrogen-bond acceptors (Lipinski definition) is 4. The lowest BCUT2D eigenvalue weighted by molar-refractivity contribution is -0.123. The summed E-state index contributed by atoms with van der Waals surface area (Å²) in [6, 6.07) is 14.4. The van der Waals surface area contributed by atoms with E-state index in [2.05, 4.69) is 5.32 Å². The number of morpholine rings is 1. The standard InChI is InChI=1S/C19H18N2O4/c22-18-17(13-4-2-1-3-5-13)25-16-12-14(6-7-15(16)20-18)19(23)21-8-10-24-11-9-21/h1-7,12,17H,8-11H2,(H,20,22). The first-order valence-electron chi connectivity index (χ1n) is 8.26. The Kier molecular flexibility index (Phi) is 4.11. The number of benzene rings is 2. The van der Waals surface area contributed by atoms with Crippen molar-refractivity contribution in [1.29, 1.82) is 0 Å². The summed E-state index contributed by atoms with van der Waals surface area (Å²) in [4.78, 5) is 26.7. The molecule has 1 unspecified atom stereocenters. The van der Waals surface area contributed by atoms with Crippen LogP contribution in [-0.4, -0.2) is 43.0 Å². The molecule has 1 saturated heterocycles. The fourth-order valence-electron chi connectivity index (χ4n) is 3.03. The predicted molar refractivity (Wildman–Crippen MR) is 91.6 cm³/mol. The molecule has 6 nitrogen and oxygen atoms in total. The Morgan fingerprint density at radius 3 is 2.60 bits per heavy atom. The Hall–Kier alpha value is -2.86. The molecule has 1 N–H and O–H groups in total. The maximum Gasteiger partial charge on any atom is 0.270 e. The van der Waals surface area contributed by atoms with Crippen LogP contribution in [0.3, 0.4) is 0 Å². The van der Waals surface area contributed by atoms with Gasteiger partial charge in [0.2, 0.25) is 6.10 Å². The van der Waals surface area contributed by atoms with Crippen LogP contribution in [0.4, 0.5) is 5.69 Å². The molecule has 0 bridgehead atoms. The molecule has 2 aromatic carbocycles. The molecular formula is C19H18N2O4. The van der Waals surface area contributed by atoms with Gasteiger partial charge in [-0.3, -0.25) is 9.59 Å². The molecule has 2 heterocycles. The quantitative estimate of drug-likeness (QED) is 0.912. The molecule has 6 heteroatoms. The summed E-state index contributed by atoms with van der Waals surface area (Å²) < 4.78 is 11.2. The number of hydrogen-bond donors (Lipinski definition) is 1. The lowest BCUT2D eigenvalue weighted by Crippen LogP contribution is -2.40. The summed E-state index contributed by atoms with van der Waals surface area (Å²) in [5.74, 6) is 0.237. The molecule has 0 saturated carbocycles. The second kappa shape index (κ2) is 6.57. The molecule has 128 valence electrons. The molecule has 0 spiro atoms. The summed E-state index contributed by atoms with van der Waals surface area (Å²) in [5.41, 5.74) is 1.90. The number of carbonyl (C=O) groups is 2. The van der Waals surface area contributed by atoms with Gasteiger partial charge in [0.25, 0.3) is 11.8 Å². The van der Waals surface area contributed by atoms with E-state index >= 15 is 0 Å². The van der Waals surface area contributed by atoms with Crippen LogP contribution in [0.25, 0.3) is 0 Å². The van der Waals surface area contributed by atoms with E-state index in [4.69, 9.17) is 9.47 Å². The van der Waals surface area contributed by atoms with Gasteiger partial charge in [0.05, 0.1) is 18.9 Å². The number of ether oxygens (including phenoxy) is 2. The van der Waals surface area contributed by atoms with Crippen LogP contribution >= 0.6 is 0 Å². The van der Waals surface area contributed by atoms with Crippen LogP contribution in [0.15, 0.2) is 48.5 Å². The molecule has 2 aromatic rings. The van der Waals surface area contributed by atoms with Crippen LogP contribution in [0.5, 0.6) is 5.75 Å². The van der Waals surface area contributed by atoms with Crippen LogP contribution < -0.4 is 10.1 Å². The molecule has 2 amide bonds. The highest BCUT2D eigenvalue weighted by atomic mass is 16.5. The molecule has 1 atom stereocenters. The molecular weight excluding hydrogens is 320 g/mol. The predicted octanol–water partition coefficient (Wildman–Crippen LogP) is 2.23. The smallest absolute Gasteiger partial charge is 0.270 e. The Balaban J connectivity index is 1.60. The van der Waals surface area contributed by atoms with Gasteiger partial charge in [-0.1, -0.05) is 30.3 Å². The van der Waals surface area contributed by atoms with Crippen molar-refractivity contribution in [1.82, 2.24) is 4.90 Å². The van der Waals surface area contributed by atoms with Gasteiger partial charge in [-0.25, -0.2) is 0 Å². The van der Waals surface area contributed by atoms with Crippen molar-refractivity contribution in [2.24, 2.45) is 0 Å². The van der Waals surface area contributed by atoms with E-state index in [-0.39, 0.29) is 11.8 Å². The highest BCUT2D eigenvalue weighted by Crippen LogP contribution is 2.35. The minimum absolute atomic E-state index is 0.0529. The number of anilines is 1. The van der Waals surface area contributed by atoms with Crippen LogP contribution in [0.1, 0.15) is 22.0 Å². The van der Waals surface area contributed by atoms with Gasteiger partial charge in [-0.2, -0.15) is 0 Å². The average Bonchev–Trinajstić information content (AvgIpc) is 2.68. The first kappa shape index (κ1) is 15.7. The average molecular weight is 338 g/mol. The minimum Gasteiger partial charge on any atom is -0.474 e. The summed E-state index contributed by atoms with van der Waals surface area (Å²) >= 11 is 0. The van der Waals surface area contributed by atoms with E-state index < -0.39 is 6.10 Å². The Bertz CT molecular complexity index is 800. The Morgan fingerprint density at radius 2 is 1.84 bits per heavy atom. The van der Waals surface area contributed by atoms with E-state index in [1.807, 2.05) is 30.3 Å². The molecule has 0 aromatic heterocycles. The van der Waals surface area contributed by atoms with E-state index in [0.717, 1.165) is 5.56 Å². The largest absolute Gasteiger partial charge is 0.474 e. The summed E-state index contributed by atoms with van der Waals surface area (Å²) in [6.45, 7) is 2.28. The Morgan fingerprint density at radius 1 is 1.08 bits per heavy atom. The zero-order valence-electron chi connectivity index (χ0n) is 13.6. The molecule has 0 aliphatic carbocycles. The molecule has 4 rings (SSSR count). The second-order valence-corrected chi connectivity index (χ2v) is 6.01. The van der Waals surface area contributed by atoms with Gasteiger partial charge >= 0.3 is 0 Å². The fraction of sp³-hybridized carbons (Fsp3) is 0.263. The van der Waals surface area contributed by atoms with Crippen molar-refractivity contribution < 1.29 is 19.1 Å². The topological polar surface area (TPSA) is 67.9 Å². The van der Waals surface area contributed by atoms with Gasteiger partial charge in [0.1, 0.15) is 5.75 Å². The molecule has 25 heavy (non-hydrogen) atoms. The SMILES string of the molecule is O=C1Nc2ccc(C(=O)N3CCOCC3)cc2OC1c1ccccc1. The minimum atomic E-state index is -0.720. The van der Waals surface area contributed by atoms with Crippen molar-refractivity contribution in [2.75, 3.05) is 31.6 Å². The van der Waals surface area contributed by atoms with Gasteiger partial charge in [-0.05, 0) is 18.2 Å². The van der Waals surface area contributed by atoms with Crippen molar-refractivity contribution in [3.05, 3.63) is 59.7 Å². The highest BCUT2D eigenvalue weighted by Gasteiger charge is 2.30. The lowest BCUT2D eigenvalue weighted by atomic mass is 10.1. The molecule has 2 aliphatic heterocycles. The third-order valence-corrected chi connectivity index (χ3v) is 4.37. The zero-order chi connectivity index (χ0) is 17.2. The first-order valence-corrected chi connectivity index (χ1v) is 8.26. The van der Waals surface area contributed by atoms with Crippen LogP contribution in [0, 0.1) is 0 Å². The third kappa shape index (κ3) is 3.08. The molecule has 1 fully saturated rings. The van der Waals surface area contributed by atoms with Crippen molar-refractivity contribution >= 4 is 17.5 Å². The van der Waals surface area contributed by atoms with E-state index in [9.17, 15) is 9.59 Å². The van der Waals surface area contributed by atoms with E-state index in [1.165, 1.54) is 0 Å². The maximum absolute atomic E-state index is 12.6. The van der Waals surface area contributed by atoms with Crippen LogP contribution in [-0.2, 0) is 9.53 Å². The zero-order valence-corrected chi connectivity index (χ0v) is 13.6. The Labute approximate surface area is 145 Å². The normalized spacial score (nSPS) is 19.6. The van der Waals surface area contributed by atoms with E-state index in [0.29, 0.717) is 43.3 Å². The van der Waals surface area contributed by atoms with Crippen molar-refractivity contribution in [3.8, 4) is 5.75 Å². The van der Waals surface area contributed by atoms with Gasteiger partial charge < -0.3 is 19.7 Å². The summed E-state index contributed by atoms with van der Waals surface area (Å²) in [7, 11) is 0. The number of carbonyl (C=O) groups excluding carboxylic acids is 2. The first-order chi connectivity index (χ1) is 12.2. The van der Waals surface area contributed by atoms with Crippen molar-refractivity contribution in [2.45, 2.75) is 6.10 Å². The summed E-state index contributed by atoms with van der Waals surface area (Å²) in [6.07, 6.45) is -0.720. The van der Waals surface area contributed by atoms with Gasteiger partial charge in [-0.15, -0.1) is 0 Å². The molecule has 0 radical (unpaired) electrons. The van der Waals surface area contributed by atoms with Crippen molar-refractivity contribution in [3.63, 3.8) is 0 Å². The maximum atomic E-state index is 12.6. The summed E-state index contributed by atoms with van der Waals surface area (Å²) in [5, 5.41) is 2.85. The van der Waals surface area contributed by atoms with E-state index in [1.54, 1.807) is 23.1 Å². The highest BCUT2D eigenvalue weighted by molar-refractivity contribution is 6.00. The van der Waals surface area contributed by atoms with Gasteiger partial charge in [0.15, 0.2) is 0 Å². The number of amides is 2. The third-order valence-electron chi connectivity index (χ3n) is 4.37.